The van der Waals surface area contributed by atoms with Gasteiger partial charge in [-0.1, -0.05) is 36.2 Å². The number of nitrogens with zero attached hydrogens (tertiary/aromatic N) is 2. The molecule has 2 heterocycles. The third-order valence-electron chi connectivity index (χ3n) is 6.94. The van der Waals surface area contributed by atoms with E-state index in [4.69, 9.17) is 11.6 Å². The number of thioether (sulfide) groups is 1. The molecule has 0 spiro atoms. The summed E-state index contributed by atoms with van der Waals surface area (Å²) in [5.41, 5.74) is 5.67. The lowest BCUT2D eigenvalue weighted by Crippen LogP contribution is -2.48. The summed E-state index contributed by atoms with van der Waals surface area (Å²) in [7, 11) is 0. The van der Waals surface area contributed by atoms with E-state index in [0.717, 1.165) is 46.4 Å². The highest BCUT2D eigenvalue weighted by Gasteiger charge is 2.38. The number of anilines is 2. The topological polar surface area (TPSA) is 69.7 Å². The molecule has 0 aliphatic carbocycles. The standard InChI is InChI=1S/C28H32ClN3O3S/c1-7-32-23-13-21(29)19(11-20(23)18(4)14-28(32,5)6)12-24-26(34)31(27(35)36-24)15-25(33)30-22-9-8-16(2)10-17(22)3/h8-13,18H,7,14-15H2,1-6H3,(H,30,33)/b24-12+. The number of amides is 3. The molecule has 1 saturated heterocycles. The maximum absolute atomic E-state index is 13.1. The second-order valence-corrected chi connectivity index (χ2v) is 11.6. The van der Waals surface area contributed by atoms with Crippen LogP contribution in [0.3, 0.4) is 0 Å². The highest BCUT2D eigenvalue weighted by atomic mass is 35.5. The van der Waals surface area contributed by atoms with E-state index in [1.54, 1.807) is 6.08 Å². The molecule has 1 unspecified atom stereocenters. The van der Waals surface area contributed by atoms with Crippen molar-refractivity contribution < 1.29 is 14.4 Å². The Morgan fingerprint density at radius 2 is 1.94 bits per heavy atom. The first-order chi connectivity index (χ1) is 16.9. The van der Waals surface area contributed by atoms with Crippen LogP contribution in [0.5, 0.6) is 0 Å². The van der Waals surface area contributed by atoms with E-state index in [-0.39, 0.29) is 17.0 Å². The van der Waals surface area contributed by atoms with Crippen molar-refractivity contribution >= 4 is 57.9 Å². The Morgan fingerprint density at radius 3 is 2.61 bits per heavy atom. The van der Waals surface area contributed by atoms with Crippen molar-refractivity contribution in [3.63, 3.8) is 0 Å². The van der Waals surface area contributed by atoms with Gasteiger partial charge in [0.05, 0.1) is 4.91 Å². The van der Waals surface area contributed by atoms with Gasteiger partial charge in [0.15, 0.2) is 0 Å². The largest absolute Gasteiger partial charge is 0.366 e. The first-order valence-corrected chi connectivity index (χ1v) is 13.3. The van der Waals surface area contributed by atoms with E-state index in [1.165, 1.54) is 5.56 Å². The zero-order valence-electron chi connectivity index (χ0n) is 21.6. The average Bonchev–Trinajstić information content (AvgIpc) is 3.04. The number of carbonyl (C=O) groups is 3. The molecule has 6 nitrogen and oxygen atoms in total. The normalized spacial score (nSPS) is 20.2. The Balaban J connectivity index is 1.55. The van der Waals surface area contributed by atoms with Gasteiger partial charge in [0.25, 0.3) is 11.1 Å². The van der Waals surface area contributed by atoms with Crippen LogP contribution >= 0.6 is 23.4 Å². The van der Waals surface area contributed by atoms with E-state index < -0.39 is 17.1 Å². The molecule has 1 N–H and O–H groups in total. The van der Waals surface area contributed by atoms with Gasteiger partial charge < -0.3 is 10.2 Å². The lowest BCUT2D eigenvalue weighted by atomic mass is 9.79. The van der Waals surface area contributed by atoms with E-state index in [2.05, 4.69) is 37.9 Å². The van der Waals surface area contributed by atoms with Gasteiger partial charge in [0.1, 0.15) is 6.54 Å². The minimum absolute atomic E-state index is 0.0202. The lowest BCUT2D eigenvalue weighted by molar-refractivity contribution is -0.127. The number of aryl methyl sites for hydroxylation is 2. The van der Waals surface area contributed by atoms with Crippen LogP contribution in [-0.2, 0) is 9.59 Å². The van der Waals surface area contributed by atoms with Crippen LogP contribution in [0.15, 0.2) is 35.2 Å². The van der Waals surface area contributed by atoms with Crippen molar-refractivity contribution in [2.24, 2.45) is 0 Å². The summed E-state index contributed by atoms with van der Waals surface area (Å²) in [4.78, 5) is 41.9. The zero-order chi connectivity index (χ0) is 26.4. The van der Waals surface area contributed by atoms with Crippen molar-refractivity contribution in [3.05, 3.63) is 62.5 Å². The molecule has 1 atom stereocenters. The fourth-order valence-corrected chi connectivity index (χ4v) is 6.34. The van der Waals surface area contributed by atoms with E-state index in [9.17, 15) is 14.4 Å². The van der Waals surface area contributed by atoms with Crippen LogP contribution in [0.4, 0.5) is 16.2 Å². The number of halogens is 1. The first kappa shape index (κ1) is 26.3. The van der Waals surface area contributed by atoms with Crippen LogP contribution in [0.25, 0.3) is 6.08 Å². The molecule has 1 fully saturated rings. The molecule has 0 aromatic heterocycles. The van der Waals surface area contributed by atoms with E-state index in [1.807, 2.05) is 44.2 Å². The third-order valence-corrected chi connectivity index (χ3v) is 8.17. The summed E-state index contributed by atoms with van der Waals surface area (Å²) in [6.45, 7) is 13.2. The van der Waals surface area contributed by atoms with Gasteiger partial charge in [-0.2, -0.15) is 0 Å². The van der Waals surface area contributed by atoms with Crippen LogP contribution < -0.4 is 10.2 Å². The molecule has 8 heteroatoms. The maximum Gasteiger partial charge on any atom is 0.294 e. The smallest absolute Gasteiger partial charge is 0.294 e. The molecule has 2 aromatic rings. The van der Waals surface area contributed by atoms with Crippen LogP contribution in [0.1, 0.15) is 62.3 Å². The highest BCUT2D eigenvalue weighted by molar-refractivity contribution is 8.18. The summed E-state index contributed by atoms with van der Waals surface area (Å²) in [6.07, 6.45) is 2.67. The minimum atomic E-state index is -0.487. The number of imide groups is 1. The van der Waals surface area contributed by atoms with Gasteiger partial charge in [-0.05, 0) is 99.7 Å². The fourth-order valence-electron chi connectivity index (χ4n) is 5.29. The molecule has 0 radical (unpaired) electrons. The van der Waals surface area contributed by atoms with Gasteiger partial charge in [-0.15, -0.1) is 0 Å². The van der Waals surface area contributed by atoms with Gasteiger partial charge >= 0.3 is 0 Å². The van der Waals surface area contributed by atoms with Crippen LogP contribution in [-0.4, -0.2) is 40.6 Å². The summed E-state index contributed by atoms with van der Waals surface area (Å²) >= 11 is 7.50. The summed E-state index contributed by atoms with van der Waals surface area (Å²) in [5, 5.41) is 2.85. The summed E-state index contributed by atoms with van der Waals surface area (Å²) in [5.74, 6) is -0.585. The van der Waals surface area contributed by atoms with Gasteiger partial charge in [-0.25, -0.2) is 0 Å². The molecule has 2 aliphatic rings. The number of rotatable bonds is 5. The van der Waals surface area contributed by atoms with Crippen LogP contribution in [0, 0.1) is 13.8 Å². The maximum atomic E-state index is 13.1. The Hall–Kier alpha value is -2.77. The Kier molecular flexibility index (Phi) is 7.26. The van der Waals surface area contributed by atoms with Crippen molar-refractivity contribution in [2.75, 3.05) is 23.3 Å². The predicted molar refractivity (Wildman–Crippen MR) is 149 cm³/mol. The Morgan fingerprint density at radius 1 is 1.22 bits per heavy atom. The number of carbonyl (C=O) groups excluding carboxylic acids is 3. The number of hydrogen-bond acceptors (Lipinski definition) is 5. The molecule has 3 amide bonds. The van der Waals surface area contributed by atoms with E-state index >= 15 is 0 Å². The Labute approximate surface area is 222 Å². The Bertz CT molecular complexity index is 1290. The number of benzene rings is 2. The molecular weight excluding hydrogens is 494 g/mol. The highest BCUT2D eigenvalue weighted by Crippen LogP contribution is 2.45. The number of hydrogen-bond donors (Lipinski definition) is 1. The van der Waals surface area contributed by atoms with Crippen molar-refractivity contribution in [1.82, 2.24) is 4.90 Å². The molecule has 36 heavy (non-hydrogen) atoms. The second-order valence-electron chi connectivity index (χ2n) is 10.2. The molecule has 0 saturated carbocycles. The second kappa shape index (κ2) is 9.94. The number of nitrogens with one attached hydrogen (secondary N) is 1. The molecule has 190 valence electrons. The minimum Gasteiger partial charge on any atom is -0.366 e. The van der Waals surface area contributed by atoms with Gasteiger partial charge in [-0.3, -0.25) is 19.3 Å². The monoisotopic (exact) mass is 525 g/mol. The van der Waals surface area contributed by atoms with E-state index in [0.29, 0.717) is 22.2 Å². The van der Waals surface area contributed by atoms with Gasteiger partial charge in [0, 0.05) is 28.5 Å². The van der Waals surface area contributed by atoms with Crippen molar-refractivity contribution in [2.45, 2.75) is 59.4 Å². The molecular formula is C28H32ClN3O3S. The third kappa shape index (κ3) is 5.04. The zero-order valence-corrected chi connectivity index (χ0v) is 23.1. The molecule has 4 rings (SSSR count). The first-order valence-electron chi connectivity index (χ1n) is 12.1. The average molecular weight is 526 g/mol. The predicted octanol–water partition coefficient (Wildman–Crippen LogP) is 6.74. The fraction of sp³-hybridized carbons (Fsp3) is 0.393. The quantitative estimate of drug-likeness (QED) is 0.437. The van der Waals surface area contributed by atoms with Crippen molar-refractivity contribution in [1.29, 1.82) is 0 Å². The van der Waals surface area contributed by atoms with Crippen molar-refractivity contribution in [3.8, 4) is 0 Å². The van der Waals surface area contributed by atoms with Crippen LogP contribution in [0.2, 0.25) is 5.02 Å². The molecule has 0 bridgehead atoms. The lowest BCUT2D eigenvalue weighted by Gasteiger charge is -2.47. The molecule has 2 aliphatic heterocycles. The SMILES string of the molecule is CCN1c2cc(Cl)c(/C=C3/SC(=O)N(CC(=O)Nc4ccc(C)cc4C)C3=O)cc2C(C)CC1(C)C. The number of fused-ring (bicyclic) bond motifs is 1. The summed E-state index contributed by atoms with van der Waals surface area (Å²) < 4.78 is 0. The van der Waals surface area contributed by atoms with Gasteiger partial charge in [0.2, 0.25) is 5.91 Å². The molecule has 2 aromatic carbocycles. The summed E-state index contributed by atoms with van der Waals surface area (Å²) in [6, 6.07) is 9.67.